The first kappa shape index (κ1) is 23.0. The number of imide groups is 1. The fourth-order valence-electron chi connectivity index (χ4n) is 4.05. The Labute approximate surface area is 196 Å². The number of benzene rings is 3. The average Bonchev–Trinajstić information content (AvgIpc) is 3.36. The Morgan fingerprint density at radius 1 is 0.912 bits per heavy atom. The first-order chi connectivity index (χ1) is 16.5. The van der Waals surface area contributed by atoms with Crippen LogP contribution >= 0.6 is 0 Å². The second kappa shape index (κ2) is 10.6. The Balaban J connectivity index is 1.31. The predicted molar refractivity (Wildman–Crippen MR) is 126 cm³/mol. The molecule has 0 bridgehead atoms. The van der Waals surface area contributed by atoms with Crippen LogP contribution in [0.15, 0.2) is 72.8 Å². The maximum atomic E-state index is 12.8. The van der Waals surface area contributed by atoms with E-state index in [0.29, 0.717) is 24.9 Å². The SMILES string of the molecule is O=C(NCC(=O)N1CCC[C@H]1C(=O)NC(=O)c1cccc2ccccc12)OCc1ccccc1. The fourth-order valence-corrected chi connectivity index (χ4v) is 4.05. The lowest BCUT2D eigenvalue weighted by Gasteiger charge is -2.23. The summed E-state index contributed by atoms with van der Waals surface area (Å²) >= 11 is 0. The Hall–Kier alpha value is -4.20. The highest BCUT2D eigenvalue weighted by Crippen LogP contribution is 2.20. The highest BCUT2D eigenvalue weighted by Gasteiger charge is 2.35. The average molecular weight is 460 g/mol. The summed E-state index contributed by atoms with van der Waals surface area (Å²) in [5.41, 5.74) is 1.22. The summed E-state index contributed by atoms with van der Waals surface area (Å²) in [6.07, 6.45) is 0.354. The summed E-state index contributed by atoms with van der Waals surface area (Å²) in [6, 6.07) is 21.1. The van der Waals surface area contributed by atoms with Gasteiger partial charge in [0, 0.05) is 12.1 Å². The van der Waals surface area contributed by atoms with Crippen LogP contribution in [0.25, 0.3) is 10.8 Å². The van der Waals surface area contributed by atoms with E-state index in [4.69, 9.17) is 4.74 Å². The van der Waals surface area contributed by atoms with E-state index in [0.717, 1.165) is 16.3 Å². The van der Waals surface area contributed by atoms with Crippen molar-refractivity contribution in [3.05, 3.63) is 83.9 Å². The van der Waals surface area contributed by atoms with Gasteiger partial charge in [-0.25, -0.2) is 4.79 Å². The molecule has 0 spiro atoms. The first-order valence-corrected chi connectivity index (χ1v) is 11.1. The molecule has 1 heterocycles. The minimum absolute atomic E-state index is 0.0892. The molecule has 0 radical (unpaired) electrons. The Bertz CT molecular complexity index is 1210. The lowest BCUT2D eigenvalue weighted by Crippen LogP contribution is -2.50. The molecule has 34 heavy (non-hydrogen) atoms. The summed E-state index contributed by atoms with van der Waals surface area (Å²) < 4.78 is 5.11. The molecule has 1 fully saturated rings. The molecule has 2 N–H and O–H groups in total. The number of amides is 4. The smallest absolute Gasteiger partial charge is 0.407 e. The van der Waals surface area contributed by atoms with Crippen molar-refractivity contribution in [1.82, 2.24) is 15.5 Å². The summed E-state index contributed by atoms with van der Waals surface area (Å²) in [7, 11) is 0. The van der Waals surface area contributed by atoms with Crippen molar-refractivity contribution < 1.29 is 23.9 Å². The second-order valence-electron chi connectivity index (χ2n) is 8.01. The van der Waals surface area contributed by atoms with Crippen molar-refractivity contribution >= 4 is 34.6 Å². The highest BCUT2D eigenvalue weighted by molar-refractivity contribution is 6.13. The van der Waals surface area contributed by atoms with Crippen molar-refractivity contribution in [2.75, 3.05) is 13.1 Å². The summed E-state index contributed by atoms with van der Waals surface area (Å²) in [4.78, 5) is 51.6. The van der Waals surface area contributed by atoms with Gasteiger partial charge in [-0.05, 0) is 35.2 Å². The number of carbonyl (C=O) groups excluding carboxylic acids is 4. The monoisotopic (exact) mass is 459 g/mol. The zero-order chi connectivity index (χ0) is 23.9. The number of hydrogen-bond acceptors (Lipinski definition) is 5. The van der Waals surface area contributed by atoms with Gasteiger partial charge in [-0.1, -0.05) is 66.7 Å². The third-order valence-corrected chi connectivity index (χ3v) is 5.74. The Morgan fingerprint density at radius 3 is 2.47 bits per heavy atom. The molecule has 3 aromatic carbocycles. The molecule has 0 saturated carbocycles. The van der Waals surface area contributed by atoms with Crippen LogP contribution in [0.4, 0.5) is 4.79 Å². The number of carbonyl (C=O) groups is 4. The van der Waals surface area contributed by atoms with Gasteiger partial charge in [0.1, 0.15) is 19.2 Å². The quantitative estimate of drug-likeness (QED) is 0.552. The van der Waals surface area contributed by atoms with E-state index in [1.807, 2.05) is 60.7 Å². The molecular formula is C26H25N3O5. The van der Waals surface area contributed by atoms with Crippen LogP contribution in [0.1, 0.15) is 28.8 Å². The van der Waals surface area contributed by atoms with Crippen molar-refractivity contribution in [3.8, 4) is 0 Å². The molecule has 4 rings (SSSR count). The van der Waals surface area contributed by atoms with Crippen molar-refractivity contribution in [2.24, 2.45) is 0 Å². The number of rotatable bonds is 6. The predicted octanol–water partition coefficient (Wildman–Crippen LogP) is 3.01. The third-order valence-electron chi connectivity index (χ3n) is 5.74. The largest absolute Gasteiger partial charge is 0.445 e. The van der Waals surface area contributed by atoms with Gasteiger partial charge in [0.2, 0.25) is 11.8 Å². The summed E-state index contributed by atoms with van der Waals surface area (Å²) in [5.74, 6) is -1.45. The van der Waals surface area contributed by atoms with Crippen LogP contribution in [0.3, 0.4) is 0 Å². The number of fused-ring (bicyclic) bond motifs is 1. The van der Waals surface area contributed by atoms with E-state index in [2.05, 4.69) is 10.6 Å². The van der Waals surface area contributed by atoms with Gasteiger partial charge in [0.15, 0.2) is 0 Å². The molecule has 0 aromatic heterocycles. The van der Waals surface area contributed by atoms with Crippen molar-refractivity contribution in [3.63, 3.8) is 0 Å². The first-order valence-electron chi connectivity index (χ1n) is 11.1. The van der Waals surface area contributed by atoms with Crippen molar-refractivity contribution in [2.45, 2.75) is 25.5 Å². The second-order valence-corrected chi connectivity index (χ2v) is 8.01. The molecular weight excluding hydrogens is 434 g/mol. The van der Waals surface area contributed by atoms with Crippen LogP contribution in [-0.4, -0.2) is 47.8 Å². The Morgan fingerprint density at radius 2 is 1.65 bits per heavy atom. The zero-order valence-corrected chi connectivity index (χ0v) is 18.5. The summed E-state index contributed by atoms with van der Waals surface area (Å²) in [6.45, 7) is 0.167. The van der Waals surface area contributed by atoms with Crippen LogP contribution in [0.2, 0.25) is 0 Å². The number of ether oxygens (including phenoxy) is 1. The molecule has 4 amide bonds. The van der Waals surface area contributed by atoms with Gasteiger partial charge in [0.25, 0.3) is 5.91 Å². The molecule has 8 heteroatoms. The molecule has 1 atom stereocenters. The van der Waals surface area contributed by atoms with Crippen LogP contribution in [0, 0.1) is 0 Å². The van der Waals surface area contributed by atoms with Gasteiger partial charge < -0.3 is 15.0 Å². The molecule has 1 aliphatic heterocycles. The standard InChI is InChI=1S/C26H25N3O5/c30-23(16-27-26(33)34-17-18-8-2-1-3-9-18)29-15-7-14-22(29)25(32)28-24(31)21-13-6-11-19-10-4-5-12-20(19)21/h1-6,8-13,22H,7,14-17H2,(H,27,33)(H,28,31,32)/t22-/m0/s1. The van der Waals surface area contributed by atoms with Gasteiger partial charge in [-0.3, -0.25) is 19.7 Å². The topological polar surface area (TPSA) is 105 Å². The molecule has 3 aromatic rings. The highest BCUT2D eigenvalue weighted by atomic mass is 16.5. The zero-order valence-electron chi connectivity index (χ0n) is 18.5. The minimum Gasteiger partial charge on any atom is -0.445 e. The van der Waals surface area contributed by atoms with Crippen LogP contribution in [0.5, 0.6) is 0 Å². The van der Waals surface area contributed by atoms with E-state index in [-0.39, 0.29) is 13.2 Å². The number of nitrogens with one attached hydrogen (secondary N) is 2. The lowest BCUT2D eigenvalue weighted by molar-refractivity contribution is -0.137. The number of alkyl carbamates (subject to hydrolysis) is 1. The lowest BCUT2D eigenvalue weighted by atomic mass is 10.0. The van der Waals surface area contributed by atoms with Gasteiger partial charge in [0.05, 0.1) is 0 Å². The van der Waals surface area contributed by atoms with Gasteiger partial charge in [-0.2, -0.15) is 0 Å². The summed E-state index contributed by atoms with van der Waals surface area (Å²) in [5, 5.41) is 6.50. The normalized spacial score (nSPS) is 15.1. The minimum atomic E-state index is -0.770. The number of likely N-dealkylation sites (tertiary alicyclic amines) is 1. The third kappa shape index (κ3) is 5.40. The maximum absolute atomic E-state index is 12.8. The number of hydrogen-bond donors (Lipinski definition) is 2. The van der Waals surface area contributed by atoms with Crippen molar-refractivity contribution in [1.29, 1.82) is 0 Å². The van der Waals surface area contributed by atoms with E-state index in [1.54, 1.807) is 12.1 Å². The van der Waals surface area contributed by atoms with Gasteiger partial charge >= 0.3 is 6.09 Å². The molecule has 0 unspecified atom stereocenters. The van der Waals surface area contributed by atoms with E-state index in [9.17, 15) is 19.2 Å². The molecule has 174 valence electrons. The number of nitrogens with zero attached hydrogens (tertiary/aromatic N) is 1. The molecule has 1 aliphatic rings. The van der Waals surface area contributed by atoms with Crippen LogP contribution in [-0.2, 0) is 20.9 Å². The molecule has 0 aliphatic carbocycles. The maximum Gasteiger partial charge on any atom is 0.407 e. The molecule has 8 nitrogen and oxygen atoms in total. The fraction of sp³-hybridized carbons (Fsp3) is 0.231. The van der Waals surface area contributed by atoms with Crippen LogP contribution < -0.4 is 10.6 Å². The van der Waals surface area contributed by atoms with E-state index in [1.165, 1.54) is 4.90 Å². The Kier molecular flexibility index (Phi) is 7.17. The van der Waals surface area contributed by atoms with Gasteiger partial charge in [-0.15, -0.1) is 0 Å². The van der Waals surface area contributed by atoms with E-state index >= 15 is 0 Å². The van der Waals surface area contributed by atoms with E-state index < -0.39 is 29.9 Å². The molecule has 1 saturated heterocycles.